The third kappa shape index (κ3) is 3.04. The van der Waals surface area contributed by atoms with Gasteiger partial charge in [-0.25, -0.2) is 0 Å². The van der Waals surface area contributed by atoms with Gasteiger partial charge in [0.05, 0.1) is 0 Å². The van der Waals surface area contributed by atoms with E-state index in [9.17, 15) is 0 Å². The number of para-hydroxylation sites is 2. The highest BCUT2D eigenvalue weighted by molar-refractivity contribution is 6.18. The van der Waals surface area contributed by atoms with Gasteiger partial charge in [0.15, 0.2) is 0 Å². The van der Waals surface area contributed by atoms with Crippen LogP contribution in [0.1, 0.15) is 99.9 Å². The Kier molecular flexibility index (Phi) is 4.83. The second-order valence-corrected chi connectivity index (χ2v) is 16.6. The molecular weight excluding hydrogens is 567 g/mol. The molecule has 0 aliphatic heterocycles. The summed E-state index contributed by atoms with van der Waals surface area (Å²) in [5.74, 6) is 0. The second kappa shape index (κ2) is 8.26. The van der Waals surface area contributed by atoms with Crippen LogP contribution in [0, 0.1) is 0 Å². The maximum absolute atomic E-state index is 2.64. The highest BCUT2D eigenvalue weighted by Gasteiger charge is 2.51. The SMILES string of the molecule is CC1(C)c2cccc3c2-c2c1cc1c4c5c(cc(c24)C3(C)C)C(C)(C)c2cc(N(c3ccccc3)c3ccccc3)cc(c2-5)C1(C)C. The Labute approximate surface area is 278 Å². The van der Waals surface area contributed by atoms with Crippen LogP contribution in [-0.4, -0.2) is 0 Å². The summed E-state index contributed by atoms with van der Waals surface area (Å²) in [4.78, 5) is 2.45. The number of rotatable bonds is 3. The molecule has 6 aromatic rings. The van der Waals surface area contributed by atoms with Gasteiger partial charge in [-0.3, -0.25) is 0 Å². The normalized spacial score (nSPS) is 18.5. The number of hydrogen-bond donors (Lipinski definition) is 0. The lowest BCUT2D eigenvalue weighted by atomic mass is 9.62. The van der Waals surface area contributed by atoms with E-state index < -0.39 is 0 Å². The average molecular weight is 608 g/mol. The number of anilines is 3. The zero-order valence-corrected chi connectivity index (χ0v) is 28.8. The molecule has 47 heavy (non-hydrogen) atoms. The zero-order valence-electron chi connectivity index (χ0n) is 28.8. The van der Waals surface area contributed by atoms with Gasteiger partial charge in [-0.05, 0) is 114 Å². The zero-order chi connectivity index (χ0) is 32.4. The topological polar surface area (TPSA) is 3.24 Å². The molecule has 0 saturated carbocycles. The van der Waals surface area contributed by atoms with Crippen molar-refractivity contribution >= 4 is 27.8 Å². The molecule has 0 amide bonds. The van der Waals surface area contributed by atoms with Crippen LogP contribution < -0.4 is 4.90 Å². The molecule has 0 aromatic heterocycles. The summed E-state index contributed by atoms with van der Waals surface area (Å²) >= 11 is 0. The lowest BCUT2D eigenvalue weighted by Crippen LogP contribution is -2.28. The molecule has 0 saturated heterocycles. The van der Waals surface area contributed by atoms with E-state index in [1.54, 1.807) is 0 Å². The van der Waals surface area contributed by atoms with Crippen LogP contribution in [0.4, 0.5) is 17.1 Å². The molecule has 1 heteroatoms. The van der Waals surface area contributed by atoms with E-state index in [-0.39, 0.29) is 21.7 Å². The minimum Gasteiger partial charge on any atom is -0.310 e. The molecule has 0 bridgehead atoms. The molecule has 0 radical (unpaired) electrons. The molecule has 0 atom stereocenters. The first kappa shape index (κ1) is 27.5. The fourth-order valence-corrected chi connectivity index (χ4v) is 10.2. The summed E-state index contributed by atoms with van der Waals surface area (Å²) in [7, 11) is 0. The van der Waals surface area contributed by atoms with E-state index in [2.05, 4.69) is 163 Å². The van der Waals surface area contributed by atoms with E-state index in [1.807, 2.05) is 0 Å². The van der Waals surface area contributed by atoms with Crippen molar-refractivity contribution in [1.29, 1.82) is 0 Å². The summed E-state index contributed by atoms with van der Waals surface area (Å²) in [5.41, 5.74) is 20.9. The lowest BCUT2D eigenvalue weighted by molar-refractivity contribution is 0.624. The molecular formula is C46H41N. The smallest absolute Gasteiger partial charge is 0.0468 e. The maximum Gasteiger partial charge on any atom is 0.0468 e. The van der Waals surface area contributed by atoms with Crippen LogP contribution in [0.15, 0.2) is 103 Å². The van der Waals surface area contributed by atoms with E-state index in [0.29, 0.717) is 0 Å². The minimum absolute atomic E-state index is 0.0534. The van der Waals surface area contributed by atoms with Crippen LogP contribution in [-0.2, 0) is 21.7 Å². The van der Waals surface area contributed by atoms with Crippen LogP contribution in [0.25, 0.3) is 33.0 Å². The molecule has 4 aliphatic carbocycles. The molecule has 230 valence electrons. The van der Waals surface area contributed by atoms with Crippen LogP contribution in [0.3, 0.4) is 0 Å². The van der Waals surface area contributed by atoms with E-state index >= 15 is 0 Å². The van der Waals surface area contributed by atoms with Crippen molar-refractivity contribution in [3.05, 3.63) is 148 Å². The Morgan fingerprint density at radius 1 is 0.319 bits per heavy atom. The van der Waals surface area contributed by atoms with E-state index in [0.717, 1.165) is 0 Å². The van der Waals surface area contributed by atoms with Crippen molar-refractivity contribution in [2.24, 2.45) is 0 Å². The Balaban J connectivity index is 1.36. The van der Waals surface area contributed by atoms with Crippen molar-refractivity contribution in [3.8, 4) is 22.3 Å². The summed E-state index contributed by atoms with van der Waals surface area (Å²) in [5, 5.41) is 3.04. The molecule has 0 spiro atoms. The molecule has 1 nitrogen and oxygen atoms in total. The summed E-state index contributed by atoms with van der Waals surface area (Å²) in [6.07, 6.45) is 0. The summed E-state index contributed by atoms with van der Waals surface area (Å²) < 4.78 is 0. The summed E-state index contributed by atoms with van der Waals surface area (Å²) in [6, 6.07) is 39.2. The molecule has 0 heterocycles. The van der Waals surface area contributed by atoms with Gasteiger partial charge >= 0.3 is 0 Å². The highest BCUT2D eigenvalue weighted by Crippen LogP contribution is 2.67. The molecule has 10 rings (SSSR count). The van der Waals surface area contributed by atoms with Gasteiger partial charge in [0.25, 0.3) is 0 Å². The van der Waals surface area contributed by atoms with Crippen LogP contribution >= 0.6 is 0 Å². The Morgan fingerprint density at radius 3 is 1.15 bits per heavy atom. The number of benzene rings is 6. The Morgan fingerprint density at radius 2 is 0.681 bits per heavy atom. The Bertz CT molecular complexity index is 2350. The second-order valence-electron chi connectivity index (χ2n) is 16.6. The molecule has 6 aromatic carbocycles. The van der Waals surface area contributed by atoms with Crippen molar-refractivity contribution in [2.75, 3.05) is 4.90 Å². The van der Waals surface area contributed by atoms with Gasteiger partial charge in [0.2, 0.25) is 0 Å². The predicted octanol–water partition coefficient (Wildman–Crippen LogP) is 12.2. The van der Waals surface area contributed by atoms with Gasteiger partial charge in [0.1, 0.15) is 0 Å². The molecule has 4 aliphatic rings. The number of nitrogens with zero attached hydrogens (tertiary/aromatic N) is 1. The van der Waals surface area contributed by atoms with Crippen molar-refractivity contribution in [3.63, 3.8) is 0 Å². The average Bonchev–Trinajstić information content (AvgIpc) is 3.43. The van der Waals surface area contributed by atoms with Crippen molar-refractivity contribution < 1.29 is 0 Å². The quantitative estimate of drug-likeness (QED) is 0.193. The predicted molar refractivity (Wildman–Crippen MR) is 198 cm³/mol. The fraction of sp³-hybridized carbons (Fsp3) is 0.261. The standard InChI is InChI=1S/C46H41N/c1-43(2)29-20-15-21-30-37(29)39-33(43)24-36-42-40-34(25-35(41(39)42)44(30,3)4)45(5,6)31-22-28(23-32(38(31)40)46(36,7)8)47(26-16-11-9-12-17-26)27-18-13-10-14-19-27/h9-25H,1-8H3. The minimum atomic E-state index is -0.188. The van der Waals surface area contributed by atoms with Crippen LogP contribution in [0.2, 0.25) is 0 Å². The van der Waals surface area contributed by atoms with Gasteiger partial charge in [-0.15, -0.1) is 0 Å². The maximum atomic E-state index is 2.64. The molecule has 0 unspecified atom stereocenters. The first-order valence-corrected chi connectivity index (χ1v) is 17.3. The highest BCUT2D eigenvalue weighted by atomic mass is 15.1. The third-order valence-electron chi connectivity index (χ3n) is 12.8. The lowest BCUT2D eigenvalue weighted by Gasteiger charge is -2.41. The largest absolute Gasteiger partial charge is 0.310 e. The molecule has 0 N–H and O–H groups in total. The third-order valence-corrected chi connectivity index (χ3v) is 12.8. The van der Waals surface area contributed by atoms with Gasteiger partial charge in [0, 0.05) is 38.7 Å². The van der Waals surface area contributed by atoms with Crippen molar-refractivity contribution in [2.45, 2.75) is 77.0 Å². The van der Waals surface area contributed by atoms with Gasteiger partial charge in [-0.2, -0.15) is 0 Å². The first-order chi connectivity index (χ1) is 22.4. The van der Waals surface area contributed by atoms with Crippen molar-refractivity contribution in [1.82, 2.24) is 0 Å². The van der Waals surface area contributed by atoms with Gasteiger partial charge in [-0.1, -0.05) is 122 Å². The fourth-order valence-electron chi connectivity index (χ4n) is 10.2. The van der Waals surface area contributed by atoms with E-state index in [1.165, 1.54) is 94.6 Å². The Hall–Kier alpha value is -4.62. The first-order valence-electron chi connectivity index (χ1n) is 17.3. The number of hydrogen-bond acceptors (Lipinski definition) is 1. The van der Waals surface area contributed by atoms with Gasteiger partial charge < -0.3 is 4.90 Å². The van der Waals surface area contributed by atoms with E-state index in [4.69, 9.17) is 0 Å². The summed E-state index contributed by atoms with van der Waals surface area (Å²) in [6.45, 7) is 19.8. The van der Waals surface area contributed by atoms with Crippen LogP contribution in [0.5, 0.6) is 0 Å². The monoisotopic (exact) mass is 607 g/mol. The molecule has 0 fully saturated rings.